The Morgan fingerprint density at radius 2 is 2.36 bits per heavy atom. The lowest BCUT2D eigenvalue weighted by atomic mass is 9.72. The van der Waals surface area contributed by atoms with Crippen LogP contribution in [0.2, 0.25) is 0 Å². The second-order valence-electron chi connectivity index (χ2n) is 3.75. The molecule has 62 valence electrons. The normalized spacial score (nSPS) is 37.7. The minimum Gasteiger partial charge on any atom is -0.447 e. The summed E-state index contributed by atoms with van der Waals surface area (Å²) in [6.07, 6.45) is 3.52. The average Bonchev–Trinajstić information content (AvgIpc) is 2.06. The molecule has 11 heavy (non-hydrogen) atoms. The van der Waals surface area contributed by atoms with Gasteiger partial charge in [-0.25, -0.2) is 4.79 Å². The van der Waals surface area contributed by atoms with E-state index in [1.807, 2.05) is 0 Å². The van der Waals surface area contributed by atoms with Gasteiger partial charge in [-0.1, -0.05) is 6.42 Å². The predicted molar refractivity (Wildman–Crippen MR) is 40.2 cm³/mol. The van der Waals surface area contributed by atoms with Crippen LogP contribution in [-0.2, 0) is 4.74 Å². The van der Waals surface area contributed by atoms with Crippen LogP contribution in [0.25, 0.3) is 0 Å². The van der Waals surface area contributed by atoms with Crippen molar-refractivity contribution in [1.29, 1.82) is 0 Å². The third-order valence-electron chi connectivity index (χ3n) is 2.90. The monoisotopic (exact) mass is 155 g/mol. The highest BCUT2D eigenvalue weighted by Gasteiger charge is 2.44. The van der Waals surface area contributed by atoms with Crippen molar-refractivity contribution in [1.82, 2.24) is 5.32 Å². The first kappa shape index (κ1) is 6.95. The molecule has 0 bridgehead atoms. The maximum absolute atomic E-state index is 10.8. The topological polar surface area (TPSA) is 38.3 Å². The molecule has 0 aromatic heterocycles. The Hall–Kier alpha value is -0.730. The van der Waals surface area contributed by atoms with Gasteiger partial charge in [-0.05, 0) is 25.7 Å². The van der Waals surface area contributed by atoms with Crippen LogP contribution >= 0.6 is 0 Å². The number of nitrogens with one attached hydrogen (secondary N) is 1. The number of hydrogen-bond donors (Lipinski definition) is 1. The molecule has 1 N–H and O–H groups in total. The van der Waals surface area contributed by atoms with Crippen LogP contribution in [0.4, 0.5) is 4.79 Å². The van der Waals surface area contributed by atoms with Crippen molar-refractivity contribution in [3.05, 3.63) is 0 Å². The zero-order chi connectivity index (χ0) is 7.90. The molecule has 1 saturated carbocycles. The van der Waals surface area contributed by atoms with Crippen LogP contribution in [-0.4, -0.2) is 18.2 Å². The standard InChI is InChI=1S/C8H13NO2/c1-8(6-3-2-4-6)5-11-7(10)9-8/h6H,2-5H2,1H3,(H,9,10). The molecule has 1 aliphatic carbocycles. The predicted octanol–water partition coefficient (Wildman–Crippen LogP) is 1.28. The highest BCUT2D eigenvalue weighted by Crippen LogP contribution is 2.37. The molecule has 0 aromatic rings. The van der Waals surface area contributed by atoms with E-state index in [4.69, 9.17) is 4.74 Å². The van der Waals surface area contributed by atoms with Gasteiger partial charge in [0.15, 0.2) is 0 Å². The fourth-order valence-corrected chi connectivity index (χ4v) is 1.79. The largest absolute Gasteiger partial charge is 0.447 e. The molecular formula is C8H13NO2. The second kappa shape index (κ2) is 2.13. The summed E-state index contributed by atoms with van der Waals surface area (Å²) in [4.78, 5) is 10.8. The van der Waals surface area contributed by atoms with E-state index < -0.39 is 0 Å². The molecule has 0 aromatic carbocycles. The molecule has 2 rings (SSSR count). The zero-order valence-electron chi connectivity index (χ0n) is 6.72. The summed E-state index contributed by atoms with van der Waals surface area (Å²) < 4.78 is 4.88. The van der Waals surface area contributed by atoms with Crippen LogP contribution in [0.15, 0.2) is 0 Å². The number of carbonyl (C=O) groups is 1. The summed E-state index contributed by atoms with van der Waals surface area (Å²) in [6.45, 7) is 2.62. The first-order valence-electron chi connectivity index (χ1n) is 4.16. The first-order valence-corrected chi connectivity index (χ1v) is 4.16. The van der Waals surface area contributed by atoms with Crippen molar-refractivity contribution < 1.29 is 9.53 Å². The van der Waals surface area contributed by atoms with Crippen molar-refractivity contribution in [2.45, 2.75) is 31.7 Å². The number of ether oxygens (including phenoxy) is 1. The Balaban J connectivity index is 2.03. The molecular weight excluding hydrogens is 142 g/mol. The van der Waals surface area contributed by atoms with Crippen molar-refractivity contribution in [3.8, 4) is 0 Å². The second-order valence-corrected chi connectivity index (χ2v) is 3.75. The maximum Gasteiger partial charge on any atom is 0.407 e. The van der Waals surface area contributed by atoms with Gasteiger partial charge in [0.1, 0.15) is 6.61 Å². The number of cyclic esters (lactones) is 1. The van der Waals surface area contributed by atoms with Crippen molar-refractivity contribution in [2.24, 2.45) is 5.92 Å². The van der Waals surface area contributed by atoms with E-state index in [0.29, 0.717) is 12.5 Å². The molecule has 3 nitrogen and oxygen atoms in total. The maximum atomic E-state index is 10.8. The van der Waals surface area contributed by atoms with E-state index >= 15 is 0 Å². The Morgan fingerprint density at radius 1 is 1.64 bits per heavy atom. The van der Waals surface area contributed by atoms with Crippen LogP contribution < -0.4 is 5.32 Å². The SMILES string of the molecule is CC1(C2CCC2)COC(=O)N1. The third-order valence-corrected chi connectivity index (χ3v) is 2.90. The first-order chi connectivity index (χ1) is 5.21. The van der Waals surface area contributed by atoms with Crippen LogP contribution in [0, 0.1) is 5.92 Å². The minimum atomic E-state index is -0.251. The molecule has 2 fully saturated rings. The van der Waals surface area contributed by atoms with Gasteiger partial charge in [0.25, 0.3) is 0 Å². The van der Waals surface area contributed by atoms with Gasteiger partial charge in [0, 0.05) is 0 Å². The van der Waals surface area contributed by atoms with E-state index in [0.717, 1.165) is 0 Å². The highest BCUT2D eigenvalue weighted by atomic mass is 16.6. The van der Waals surface area contributed by atoms with Gasteiger partial charge < -0.3 is 10.1 Å². The summed E-state index contributed by atoms with van der Waals surface area (Å²) in [5.41, 5.74) is -0.0602. The Morgan fingerprint density at radius 3 is 2.73 bits per heavy atom. The number of amides is 1. The van der Waals surface area contributed by atoms with Crippen LogP contribution in [0.3, 0.4) is 0 Å². The molecule has 1 aliphatic heterocycles. The summed E-state index contributed by atoms with van der Waals surface area (Å²) >= 11 is 0. The van der Waals surface area contributed by atoms with Crippen molar-refractivity contribution >= 4 is 6.09 Å². The van der Waals surface area contributed by atoms with Crippen LogP contribution in [0.1, 0.15) is 26.2 Å². The summed E-state index contributed by atoms with van der Waals surface area (Å²) in [5.74, 6) is 0.647. The lowest BCUT2D eigenvalue weighted by Gasteiger charge is -2.38. The molecule has 1 amide bonds. The Bertz CT molecular complexity index is 189. The van der Waals surface area contributed by atoms with Gasteiger partial charge in [-0.2, -0.15) is 0 Å². The van der Waals surface area contributed by atoms with E-state index in [-0.39, 0.29) is 11.6 Å². The molecule has 0 spiro atoms. The minimum absolute atomic E-state index is 0.0602. The Kier molecular flexibility index (Phi) is 1.34. The van der Waals surface area contributed by atoms with Crippen LogP contribution in [0.5, 0.6) is 0 Å². The average molecular weight is 155 g/mol. The summed E-state index contributed by atoms with van der Waals surface area (Å²) in [6, 6.07) is 0. The molecule has 1 atom stereocenters. The van der Waals surface area contributed by atoms with Crippen molar-refractivity contribution in [3.63, 3.8) is 0 Å². The third kappa shape index (κ3) is 0.988. The van der Waals surface area contributed by atoms with Gasteiger partial charge >= 0.3 is 6.09 Å². The molecule has 1 unspecified atom stereocenters. The van der Waals surface area contributed by atoms with Gasteiger partial charge in [-0.15, -0.1) is 0 Å². The number of rotatable bonds is 1. The summed E-state index contributed by atoms with van der Waals surface area (Å²) in [5, 5.41) is 2.87. The highest BCUT2D eigenvalue weighted by molar-refractivity contribution is 5.70. The molecule has 1 saturated heterocycles. The molecule has 3 heteroatoms. The van der Waals surface area contributed by atoms with E-state index in [1.165, 1.54) is 19.3 Å². The molecule has 2 aliphatic rings. The number of carbonyl (C=O) groups excluding carboxylic acids is 1. The zero-order valence-corrected chi connectivity index (χ0v) is 6.72. The number of hydrogen-bond acceptors (Lipinski definition) is 2. The smallest absolute Gasteiger partial charge is 0.407 e. The van der Waals surface area contributed by atoms with E-state index in [9.17, 15) is 4.79 Å². The number of alkyl carbamates (subject to hydrolysis) is 1. The lowest BCUT2D eigenvalue weighted by Crippen LogP contribution is -2.49. The summed E-state index contributed by atoms with van der Waals surface area (Å²) in [7, 11) is 0. The van der Waals surface area contributed by atoms with Crippen molar-refractivity contribution in [2.75, 3.05) is 6.61 Å². The van der Waals surface area contributed by atoms with E-state index in [1.54, 1.807) is 0 Å². The molecule has 0 radical (unpaired) electrons. The van der Waals surface area contributed by atoms with Gasteiger partial charge in [-0.3, -0.25) is 0 Å². The molecule has 1 heterocycles. The van der Waals surface area contributed by atoms with E-state index in [2.05, 4.69) is 12.2 Å². The Labute approximate surface area is 66.1 Å². The quantitative estimate of drug-likeness (QED) is 0.619. The van der Waals surface area contributed by atoms with Gasteiger partial charge in [0.2, 0.25) is 0 Å². The van der Waals surface area contributed by atoms with Gasteiger partial charge in [0.05, 0.1) is 5.54 Å². The lowest BCUT2D eigenvalue weighted by molar-refractivity contribution is 0.133. The fourth-order valence-electron chi connectivity index (χ4n) is 1.79. The fraction of sp³-hybridized carbons (Fsp3) is 0.875.